The van der Waals surface area contributed by atoms with Crippen molar-refractivity contribution in [2.24, 2.45) is 0 Å². The van der Waals surface area contributed by atoms with E-state index in [2.05, 4.69) is 25.2 Å². The number of rotatable bonds is 1. The van der Waals surface area contributed by atoms with Gasteiger partial charge in [-0.15, -0.1) is 0 Å². The van der Waals surface area contributed by atoms with Crippen molar-refractivity contribution in [2.45, 2.75) is 31.9 Å². The highest BCUT2D eigenvalue weighted by atomic mass is 19.4. The average molecular weight is 307 g/mol. The molecule has 0 saturated heterocycles. The summed E-state index contributed by atoms with van der Waals surface area (Å²) in [5.41, 5.74) is 3.54. The van der Waals surface area contributed by atoms with Crippen LogP contribution in [-0.4, -0.2) is 6.54 Å². The van der Waals surface area contributed by atoms with Crippen molar-refractivity contribution in [1.29, 1.82) is 0 Å². The maximum Gasteiger partial charge on any atom is 0.416 e. The second kappa shape index (κ2) is 5.04. The molecule has 2 aromatic carbocycles. The molecule has 0 aliphatic carbocycles. The first-order valence-corrected chi connectivity index (χ1v) is 7.33. The summed E-state index contributed by atoms with van der Waals surface area (Å²) in [4.78, 5) is 0. The quantitative estimate of drug-likeness (QED) is 0.711. The molecule has 1 aliphatic rings. The fraction of sp³-hybridized carbons (Fsp3) is 0.333. The summed E-state index contributed by atoms with van der Waals surface area (Å²) >= 11 is 0. The maximum atomic E-state index is 12.6. The van der Waals surface area contributed by atoms with Crippen molar-refractivity contribution in [3.05, 3.63) is 53.6 Å². The molecule has 0 fully saturated rings. The number of fused-ring (bicyclic) bond motifs is 1. The minimum atomic E-state index is -4.29. The fourth-order valence-electron chi connectivity index (χ4n) is 2.93. The van der Waals surface area contributed by atoms with E-state index in [1.807, 2.05) is 12.1 Å². The Morgan fingerprint density at radius 2 is 1.64 bits per heavy atom. The first kappa shape index (κ1) is 14.9. The van der Waals surface area contributed by atoms with Crippen LogP contribution in [0.15, 0.2) is 42.5 Å². The summed E-state index contributed by atoms with van der Waals surface area (Å²) in [5, 5.41) is 3.38. The number of hydrogen-bond donors (Lipinski definition) is 1. The zero-order valence-corrected chi connectivity index (χ0v) is 12.6. The molecular weight excluding hydrogens is 287 g/mol. The molecule has 1 N–H and O–H groups in total. The van der Waals surface area contributed by atoms with Crippen LogP contribution in [0.3, 0.4) is 0 Å². The van der Waals surface area contributed by atoms with Gasteiger partial charge in [0.05, 0.1) is 5.56 Å². The Morgan fingerprint density at radius 1 is 1.00 bits per heavy atom. The van der Waals surface area contributed by atoms with Gasteiger partial charge in [0.15, 0.2) is 0 Å². The highest BCUT2D eigenvalue weighted by Crippen LogP contribution is 2.39. The molecule has 0 unspecified atom stereocenters. The predicted molar refractivity (Wildman–Crippen MR) is 85.1 cm³/mol. The molecule has 2 aromatic rings. The van der Waals surface area contributed by atoms with E-state index in [1.165, 1.54) is 17.7 Å². The van der Waals surface area contributed by atoms with Gasteiger partial charge in [0.1, 0.15) is 0 Å². The van der Waals surface area contributed by atoms with Gasteiger partial charge < -0.3 is 5.32 Å². The molecule has 1 aliphatic heterocycles. The van der Waals surface area contributed by atoms with Crippen LogP contribution in [0.5, 0.6) is 0 Å². The lowest BCUT2D eigenvalue weighted by molar-refractivity contribution is -0.137. The summed E-state index contributed by atoms with van der Waals surface area (Å²) in [6.45, 7) is 5.34. The van der Waals surface area contributed by atoms with E-state index in [1.54, 1.807) is 0 Å². The van der Waals surface area contributed by atoms with Crippen LogP contribution < -0.4 is 5.32 Å². The Balaban J connectivity index is 0.00000192. The molecule has 0 amide bonds. The summed E-state index contributed by atoms with van der Waals surface area (Å²) < 4.78 is 37.9. The SMILES string of the molecule is CC1(C)CCNc2ccc(-c3ccc(C(F)(F)F)cc3)cc21.[HH]. The lowest BCUT2D eigenvalue weighted by Crippen LogP contribution is -2.28. The number of benzene rings is 2. The summed E-state index contributed by atoms with van der Waals surface area (Å²) in [7, 11) is 0. The lowest BCUT2D eigenvalue weighted by Gasteiger charge is -2.33. The standard InChI is InChI=1S/C18H18F3N.H2/c1-17(2)9-10-22-16-8-5-13(11-15(16)17)12-3-6-14(7-4-12)18(19,20)21;/h3-8,11,22H,9-10H2,1-2H3;1H. The minimum Gasteiger partial charge on any atom is -0.385 e. The molecular formula is C18H20F3N. The first-order valence-electron chi connectivity index (χ1n) is 7.33. The smallest absolute Gasteiger partial charge is 0.385 e. The second-order valence-corrected chi connectivity index (χ2v) is 6.40. The third-order valence-electron chi connectivity index (χ3n) is 4.36. The van der Waals surface area contributed by atoms with E-state index in [4.69, 9.17) is 0 Å². The molecule has 1 nitrogen and oxygen atoms in total. The van der Waals surface area contributed by atoms with Crippen molar-refractivity contribution < 1.29 is 14.6 Å². The Kier molecular flexibility index (Phi) is 3.42. The average Bonchev–Trinajstić information content (AvgIpc) is 2.46. The van der Waals surface area contributed by atoms with Gasteiger partial charge in [0.2, 0.25) is 0 Å². The van der Waals surface area contributed by atoms with E-state index in [-0.39, 0.29) is 6.84 Å². The third kappa shape index (κ3) is 2.70. The summed E-state index contributed by atoms with van der Waals surface area (Å²) in [6, 6.07) is 11.4. The molecule has 0 atom stereocenters. The molecule has 3 rings (SSSR count). The predicted octanol–water partition coefficient (Wildman–Crippen LogP) is 5.71. The largest absolute Gasteiger partial charge is 0.416 e. The summed E-state index contributed by atoms with van der Waals surface area (Å²) in [5.74, 6) is 0. The number of halogens is 3. The maximum absolute atomic E-state index is 12.6. The van der Waals surface area contributed by atoms with Crippen molar-refractivity contribution in [3.8, 4) is 11.1 Å². The fourth-order valence-corrected chi connectivity index (χ4v) is 2.93. The van der Waals surface area contributed by atoms with Crippen molar-refractivity contribution in [2.75, 3.05) is 11.9 Å². The number of nitrogens with one attached hydrogen (secondary N) is 1. The summed E-state index contributed by atoms with van der Waals surface area (Å²) in [6.07, 6.45) is -3.25. The van der Waals surface area contributed by atoms with E-state index in [0.29, 0.717) is 0 Å². The normalized spacial score (nSPS) is 16.8. The number of alkyl halides is 3. The molecule has 0 radical (unpaired) electrons. The molecule has 118 valence electrons. The van der Waals surface area contributed by atoms with Crippen LogP contribution in [0.2, 0.25) is 0 Å². The van der Waals surface area contributed by atoms with Crippen LogP contribution in [0.1, 0.15) is 32.8 Å². The van der Waals surface area contributed by atoms with Crippen molar-refractivity contribution in [3.63, 3.8) is 0 Å². The van der Waals surface area contributed by atoms with Crippen LogP contribution in [-0.2, 0) is 11.6 Å². The van der Waals surface area contributed by atoms with Crippen LogP contribution in [0.4, 0.5) is 18.9 Å². The Hall–Kier alpha value is -1.97. The van der Waals surface area contributed by atoms with E-state index in [0.717, 1.165) is 41.9 Å². The van der Waals surface area contributed by atoms with Crippen LogP contribution >= 0.6 is 0 Å². The molecule has 1 heterocycles. The van der Waals surface area contributed by atoms with Gasteiger partial charge in [-0.25, -0.2) is 0 Å². The van der Waals surface area contributed by atoms with E-state index < -0.39 is 11.7 Å². The second-order valence-electron chi connectivity index (χ2n) is 6.40. The Morgan fingerprint density at radius 3 is 2.27 bits per heavy atom. The molecule has 0 aromatic heterocycles. The van der Waals surface area contributed by atoms with Crippen LogP contribution in [0, 0.1) is 0 Å². The van der Waals surface area contributed by atoms with Gasteiger partial charge in [-0.05, 0) is 52.8 Å². The van der Waals surface area contributed by atoms with Gasteiger partial charge in [-0.2, -0.15) is 13.2 Å². The third-order valence-corrected chi connectivity index (χ3v) is 4.36. The zero-order chi connectivity index (χ0) is 16.0. The molecule has 0 bridgehead atoms. The van der Waals surface area contributed by atoms with Crippen molar-refractivity contribution >= 4 is 5.69 Å². The van der Waals surface area contributed by atoms with Gasteiger partial charge in [-0.1, -0.05) is 32.0 Å². The Bertz CT molecular complexity index is 690. The van der Waals surface area contributed by atoms with Gasteiger partial charge in [-0.3, -0.25) is 0 Å². The zero-order valence-electron chi connectivity index (χ0n) is 12.6. The topological polar surface area (TPSA) is 12.0 Å². The first-order chi connectivity index (χ1) is 10.3. The van der Waals surface area contributed by atoms with Crippen molar-refractivity contribution in [1.82, 2.24) is 0 Å². The minimum absolute atomic E-state index is 0. The highest BCUT2D eigenvalue weighted by Gasteiger charge is 2.30. The molecule has 0 saturated carbocycles. The highest BCUT2D eigenvalue weighted by molar-refractivity contribution is 5.70. The van der Waals surface area contributed by atoms with Gasteiger partial charge >= 0.3 is 6.18 Å². The van der Waals surface area contributed by atoms with Gasteiger partial charge in [0, 0.05) is 13.7 Å². The Labute approximate surface area is 129 Å². The number of hydrogen-bond acceptors (Lipinski definition) is 1. The number of anilines is 1. The van der Waals surface area contributed by atoms with E-state index in [9.17, 15) is 13.2 Å². The molecule has 4 heteroatoms. The molecule has 0 spiro atoms. The lowest BCUT2D eigenvalue weighted by atomic mass is 9.77. The molecule has 22 heavy (non-hydrogen) atoms. The monoisotopic (exact) mass is 307 g/mol. The van der Waals surface area contributed by atoms with Gasteiger partial charge in [0.25, 0.3) is 0 Å². The van der Waals surface area contributed by atoms with Crippen LogP contribution in [0.25, 0.3) is 11.1 Å². The van der Waals surface area contributed by atoms with E-state index >= 15 is 0 Å².